The monoisotopic (exact) mass is 209 g/mol. The molecule has 0 atom stereocenters. The van der Waals surface area contributed by atoms with Crippen LogP contribution >= 0.6 is 0 Å². The van der Waals surface area contributed by atoms with Crippen LogP contribution in [-0.4, -0.2) is 32.3 Å². The molecule has 0 aliphatic rings. The van der Waals surface area contributed by atoms with Gasteiger partial charge in [0.05, 0.1) is 6.20 Å². The van der Waals surface area contributed by atoms with Crippen LogP contribution < -0.4 is 0 Å². The number of carbonyl (C=O) groups excluding carboxylic acids is 3. The Morgan fingerprint density at radius 2 is 1.80 bits per heavy atom. The lowest BCUT2D eigenvalue weighted by Crippen LogP contribution is -2.29. The molecular formula is C9H11N3O3. The second-order valence-electron chi connectivity index (χ2n) is 3.30. The van der Waals surface area contributed by atoms with Crippen molar-refractivity contribution in [2.75, 3.05) is 0 Å². The standard InChI is InChI=1S/C9H11N3O3/c1-5(13)8(6(2)14)9(15)7-4-12(3)11-10-7/h4,8H,1-3H3. The molecule has 0 saturated heterocycles. The fourth-order valence-corrected chi connectivity index (χ4v) is 1.26. The molecule has 0 aliphatic heterocycles. The van der Waals surface area contributed by atoms with Crippen molar-refractivity contribution < 1.29 is 14.4 Å². The molecule has 0 aromatic carbocycles. The van der Waals surface area contributed by atoms with Crippen LogP contribution in [0.3, 0.4) is 0 Å². The van der Waals surface area contributed by atoms with Gasteiger partial charge in [-0.1, -0.05) is 5.21 Å². The van der Waals surface area contributed by atoms with Gasteiger partial charge in [0, 0.05) is 7.05 Å². The largest absolute Gasteiger partial charge is 0.299 e. The van der Waals surface area contributed by atoms with Crippen LogP contribution in [0.4, 0.5) is 0 Å². The third kappa shape index (κ3) is 2.34. The molecule has 0 bridgehead atoms. The lowest BCUT2D eigenvalue weighted by Gasteiger charge is -2.05. The van der Waals surface area contributed by atoms with Gasteiger partial charge < -0.3 is 0 Å². The van der Waals surface area contributed by atoms with E-state index in [1.165, 1.54) is 24.7 Å². The van der Waals surface area contributed by atoms with Crippen LogP contribution in [0.25, 0.3) is 0 Å². The van der Waals surface area contributed by atoms with Crippen LogP contribution in [0.5, 0.6) is 0 Å². The van der Waals surface area contributed by atoms with E-state index in [0.29, 0.717) is 0 Å². The highest BCUT2D eigenvalue weighted by Crippen LogP contribution is 2.08. The maximum Gasteiger partial charge on any atom is 0.202 e. The SMILES string of the molecule is CC(=O)C(C(C)=O)C(=O)c1cn(C)nn1. The molecule has 6 heteroatoms. The maximum atomic E-state index is 11.7. The summed E-state index contributed by atoms with van der Waals surface area (Å²) in [5.41, 5.74) is 0.0351. The summed E-state index contributed by atoms with van der Waals surface area (Å²) >= 11 is 0. The first-order valence-electron chi connectivity index (χ1n) is 4.35. The molecule has 1 heterocycles. The number of carbonyl (C=O) groups is 3. The Bertz CT molecular complexity index is 408. The first-order valence-corrected chi connectivity index (χ1v) is 4.35. The third-order valence-electron chi connectivity index (χ3n) is 1.93. The predicted molar refractivity (Wildman–Crippen MR) is 50.2 cm³/mol. The summed E-state index contributed by atoms with van der Waals surface area (Å²) in [4.78, 5) is 33.9. The lowest BCUT2D eigenvalue weighted by atomic mass is 9.94. The van der Waals surface area contributed by atoms with E-state index in [1.54, 1.807) is 7.05 Å². The topological polar surface area (TPSA) is 81.9 Å². The van der Waals surface area contributed by atoms with Gasteiger partial charge in [-0.25, -0.2) is 0 Å². The second kappa shape index (κ2) is 4.12. The number of ketones is 3. The molecule has 0 fully saturated rings. The number of nitrogens with zero attached hydrogens (tertiary/aromatic N) is 3. The molecular weight excluding hydrogens is 198 g/mol. The molecule has 80 valence electrons. The molecule has 0 amide bonds. The van der Waals surface area contributed by atoms with Gasteiger partial charge in [0.1, 0.15) is 23.2 Å². The van der Waals surface area contributed by atoms with Gasteiger partial charge in [-0.05, 0) is 13.8 Å². The average molecular weight is 209 g/mol. The Balaban J connectivity index is 3.01. The number of hydrogen-bond donors (Lipinski definition) is 0. The zero-order valence-electron chi connectivity index (χ0n) is 8.72. The summed E-state index contributed by atoms with van der Waals surface area (Å²) in [5.74, 6) is -2.79. The maximum absolute atomic E-state index is 11.7. The van der Waals surface area contributed by atoms with E-state index in [-0.39, 0.29) is 5.69 Å². The zero-order chi connectivity index (χ0) is 11.6. The molecule has 1 aromatic heterocycles. The van der Waals surface area contributed by atoms with E-state index in [9.17, 15) is 14.4 Å². The summed E-state index contributed by atoms with van der Waals surface area (Å²) in [6.45, 7) is 2.42. The molecule has 0 aliphatic carbocycles. The number of hydrogen-bond acceptors (Lipinski definition) is 5. The fourth-order valence-electron chi connectivity index (χ4n) is 1.26. The average Bonchev–Trinajstić information content (AvgIpc) is 2.50. The highest BCUT2D eigenvalue weighted by molar-refractivity contribution is 6.22. The van der Waals surface area contributed by atoms with E-state index >= 15 is 0 Å². The van der Waals surface area contributed by atoms with Crippen molar-refractivity contribution in [3.63, 3.8) is 0 Å². The van der Waals surface area contributed by atoms with Crippen molar-refractivity contribution in [1.82, 2.24) is 15.0 Å². The normalized spacial score (nSPS) is 10.4. The third-order valence-corrected chi connectivity index (χ3v) is 1.93. The molecule has 0 unspecified atom stereocenters. The highest BCUT2D eigenvalue weighted by atomic mass is 16.2. The molecule has 0 spiro atoms. The number of rotatable bonds is 4. The quantitative estimate of drug-likeness (QED) is 0.506. The first-order chi connectivity index (χ1) is 6.93. The summed E-state index contributed by atoms with van der Waals surface area (Å²) in [5, 5.41) is 7.12. The van der Waals surface area contributed by atoms with E-state index in [4.69, 9.17) is 0 Å². The Hall–Kier alpha value is -1.85. The lowest BCUT2D eigenvalue weighted by molar-refractivity contribution is -0.128. The van der Waals surface area contributed by atoms with Crippen LogP contribution in [0.15, 0.2) is 6.20 Å². The molecule has 1 rings (SSSR count). The number of aryl methyl sites for hydroxylation is 1. The van der Waals surface area contributed by atoms with Crippen molar-refractivity contribution in [3.8, 4) is 0 Å². The van der Waals surface area contributed by atoms with Gasteiger partial charge in [0.2, 0.25) is 5.78 Å². The number of Topliss-reactive ketones (excluding diaryl/α,β-unsaturated/α-hetero) is 3. The van der Waals surface area contributed by atoms with Crippen LogP contribution in [-0.2, 0) is 16.6 Å². The minimum Gasteiger partial charge on any atom is -0.299 e. The minimum atomic E-state index is -1.25. The zero-order valence-corrected chi connectivity index (χ0v) is 8.72. The summed E-state index contributed by atoms with van der Waals surface area (Å²) in [6.07, 6.45) is 1.38. The summed E-state index contributed by atoms with van der Waals surface area (Å²) in [6, 6.07) is 0. The minimum absolute atomic E-state index is 0.0351. The van der Waals surface area contributed by atoms with Crippen molar-refractivity contribution in [1.29, 1.82) is 0 Å². The van der Waals surface area contributed by atoms with E-state index < -0.39 is 23.3 Å². The van der Waals surface area contributed by atoms with E-state index in [1.807, 2.05) is 0 Å². The number of aromatic nitrogens is 3. The Morgan fingerprint density at radius 1 is 1.27 bits per heavy atom. The highest BCUT2D eigenvalue weighted by Gasteiger charge is 2.30. The summed E-state index contributed by atoms with van der Waals surface area (Å²) in [7, 11) is 1.60. The first kappa shape index (κ1) is 11.2. The van der Waals surface area contributed by atoms with E-state index in [2.05, 4.69) is 10.3 Å². The molecule has 1 aromatic rings. The Morgan fingerprint density at radius 3 is 2.13 bits per heavy atom. The van der Waals surface area contributed by atoms with Gasteiger partial charge in [-0.15, -0.1) is 5.10 Å². The van der Waals surface area contributed by atoms with E-state index in [0.717, 1.165) is 0 Å². The molecule has 15 heavy (non-hydrogen) atoms. The van der Waals surface area contributed by atoms with Gasteiger partial charge in [0.15, 0.2) is 0 Å². The predicted octanol–water partition coefficient (Wildman–Crippen LogP) is -0.208. The Labute approximate surface area is 86.3 Å². The van der Waals surface area contributed by atoms with Crippen LogP contribution in [0.2, 0.25) is 0 Å². The van der Waals surface area contributed by atoms with Crippen molar-refractivity contribution in [3.05, 3.63) is 11.9 Å². The van der Waals surface area contributed by atoms with Crippen molar-refractivity contribution >= 4 is 17.3 Å². The van der Waals surface area contributed by atoms with Gasteiger partial charge in [0.25, 0.3) is 0 Å². The van der Waals surface area contributed by atoms with Crippen molar-refractivity contribution in [2.45, 2.75) is 13.8 Å². The van der Waals surface area contributed by atoms with Crippen LogP contribution in [0, 0.1) is 5.92 Å². The fraction of sp³-hybridized carbons (Fsp3) is 0.444. The molecule has 0 saturated carbocycles. The molecule has 0 radical (unpaired) electrons. The smallest absolute Gasteiger partial charge is 0.202 e. The van der Waals surface area contributed by atoms with Crippen molar-refractivity contribution in [2.24, 2.45) is 13.0 Å². The van der Waals surface area contributed by atoms with Crippen LogP contribution in [0.1, 0.15) is 24.3 Å². The summed E-state index contributed by atoms with van der Waals surface area (Å²) < 4.78 is 1.34. The molecule has 0 N–H and O–H groups in total. The Kier molecular flexibility index (Phi) is 3.08. The van der Waals surface area contributed by atoms with Gasteiger partial charge in [-0.2, -0.15) is 0 Å². The van der Waals surface area contributed by atoms with Gasteiger partial charge in [-0.3, -0.25) is 19.1 Å². The van der Waals surface area contributed by atoms with Gasteiger partial charge >= 0.3 is 0 Å². The molecule has 6 nitrogen and oxygen atoms in total. The second-order valence-corrected chi connectivity index (χ2v) is 3.30.